The van der Waals surface area contributed by atoms with Crippen LogP contribution in [-0.4, -0.2) is 22.3 Å². The van der Waals surface area contributed by atoms with Crippen LogP contribution in [0.25, 0.3) is 0 Å². The summed E-state index contributed by atoms with van der Waals surface area (Å²) in [5.74, 6) is 0.602. The molecule has 1 heterocycles. The van der Waals surface area contributed by atoms with Crippen LogP contribution in [0.3, 0.4) is 0 Å². The van der Waals surface area contributed by atoms with Crippen molar-refractivity contribution >= 4 is 11.6 Å². The lowest BCUT2D eigenvalue weighted by molar-refractivity contribution is 0.102. The van der Waals surface area contributed by atoms with Gasteiger partial charge in [0, 0.05) is 5.56 Å². The van der Waals surface area contributed by atoms with Crippen LogP contribution >= 0.6 is 0 Å². The van der Waals surface area contributed by atoms with E-state index in [4.69, 9.17) is 4.74 Å². The summed E-state index contributed by atoms with van der Waals surface area (Å²) in [6, 6.07) is 17.3. The van der Waals surface area contributed by atoms with Gasteiger partial charge in [-0.25, -0.2) is 0 Å². The monoisotopic (exact) mass is 349 g/mol. The SMILES string of the molecule is CCOc1ccc(C(=O)Nc2c(C)nn(Cc3ccccc3)c2C)cc1. The Hall–Kier alpha value is -3.08. The van der Waals surface area contributed by atoms with Crippen molar-refractivity contribution in [3.05, 3.63) is 77.1 Å². The fraction of sp³-hybridized carbons (Fsp3) is 0.238. The van der Waals surface area contributed by atoms with Crippen LogP contribution in [0, 0.1) is 13.8 Å². The molecule has 0 aliphatic rings. The number of carbonyl (C=O) groups excluding carboxylic acids is 1. The van der Waals surface area contributed by atoms with Crippen LogP contribution in [-0.2, 0) is 6.54 Å². The fourth-order valence-electron chi connectivity index (χ4n) is 2.84. The van der Waals surface area contributed by atoms with E-state index in [9.17, 15) is 4.79 Å². The number of benzene rings is 2. The summed E-state index contributed by atoms with van der Waals surface area (Å²) in [6.07, 6.45) is 0. The minimum Gasteiger partial charge on any atom is -0.494 e. The summed E-state index contributed by atoms with van der Waals surface area (Å²) >= 11 is 0. The zero-order valence-corrected chi connectivity index (χ0v) is 15.3. The highest BCUT2D eigenvalue weighted by molar-refractivity contribution is 6.04. The molecule has 26 heavy (non-hydrogen) atoms. The van der Waals surface area contributed by atoms with E-state index in [2.05, 4.69) is 22.5 Å². The molecule has 1 amide bonds. The van der Waals surface area contributed by atoms with Crippen LogP contribution in [0.15, 0.2) is 54.6 Å². The minimum atomic E-state index is -0.154. The van der Waals surface area contributed by atoms with Gasteiger partial charge in [0.05, 0.1) is 30.2 Å². The zero-order valence-electron chi connectivity index (χ0n) is 15.3. The van der Waals surface area contributed by atoms with Crippen molar-refractivity contribution in [3.63, 3.8) is 0 Å². The average molecular weight is 349 g/mol. The first-order chi connectivity index (χ1) is 12.6. The summed E-state index contributed by atoms with van der Waals surface area (Å²) in [6.45, 7) is 7.08. The third-order valence-electron chi connectivity index (χ3n) is 4.22. The first-order valence-electron chi connectivity index (χ1n) is 8.70. The van der Waals surface area contributed by atoms with Crippen LogP contribution in [0.4, 0.5) is 5.69 Å². The van der Waals surface area contributed by atoms with Crippen molar-refractivity contribution in [2.24, 2.45) is 0 Å². The van der Waals surface area contributed by atoms with Gasteiger partial charge in [-0.3, -0.25) is 9.48 Å². The van der Waals surface area contributed by atoms with Crippen LogP contribution in [0.2, 0.25) is 0 Å². The third-order valence-corrected chi connectivity index (χ3v) is 4.22. The molecule has 1 aromatic heterocycles. The third kappa shape index (κ3) is 3.94. The van der Waals surface area contributed by atoms with E-state index in [0.717, 1.165) is 22.8 Å². The molecule has 5 heteroatoms. The Morgan fingerprint density at radius 2 is 1.77 bits per heavy atom. The Morgan fingerprint density at radius 1 is 1.08 bits per heavy atom. The van der Waals surface area contributed by atoms with Gasteiger partial charge in [-0.2, -0.15) is 5.10 Å². The molecule has 0 unspecified atom stereocenters. The van der Waals surface area contributed by atoms with Crippen LogP contribution in [0.5, 0.6) is 5.75 Å². The molecule has 5 nitrogen and oxygen atoms in total. The number of amides is 1. The van der Waals surface area contributed by atoms with Crippen molar-refractivity contribution in [2.45, 2.75) is 27.3 Å². The lowest BCUT2D eigenvalue weighted by Crippen LogP contribution is -2.13. The fourth-order valence-corrected chi connectivity index (χ4v) is 2.84. The molecule has 0 radical (unpaired) electrons. The standard InChI is InChI=1S/C21H23N3O2/c1-4-26-19-12-10-18(11-13-19)21(25)22-20-15(2)23-24(16(20)3)14-17-8-6-5-7-9-17/h5-13H,4,14H2,1-3H3,(H,22,25). The van der Waals surface area contributed by atoms with Crippen LogP contribution in [0.1, 0.15) is 34.2 Å². The second kappa shape index (κ2) is 7.87. The molecule has 0 saturated carbocycles. The molecule has 0 saturated heterocycles. The summed E-state index contributed by atoms with van der Waals surface area (Å²) in [5, 5.41) is 7.56. The predicted octanol–water partition coefficient (Wildman–Crippen LogP) is 4.20. The van der Waals surface area contributed by atoms with Crippen molar-refractivity contribution in [3.8, 4) is 5.75 Å². The molecule has 0 atom stereocenters. The lowest BCUT2D eigenvalue weighted by Gasteiger charge is -2.08. The topological polar surface area (TPSA) is 56.1 Å². The summed E-state index contributed by atoms with van der Waals surface area (Å²) in [7, 11) is 0. The van der Waals surface area contributed by atoms with Gasteiger partial charge < -0.3 is 10.1 Å². The number of nitrogens with zero attached hydrogens (tertiary/aromatic N) is 2. The molecular weight excluding hydrogens is 326 g/mol. The molecule has 134 valence electrons. The summed E-state index contributed by atoms with van der Waals surface area (Å²) < 4.78 is 7.33. The molecule has 0 aliphatic carbocycles. The Balaban J connectivity index is 1.76. The first kappa shape index (κ1) is 17.7. The van der Waals surface area contributed by atoms with E-state index in [1.54, 1.807) is 24.3 Å². The van der Waals surface area contributed by atoms with Gasteiger partial charge in [0.25, 0.3) is 5.91 Å². The van der Waals surface area contributed by atoms with Crippen LogP contribution < -0.4 is 10.1 Å². The first-order valence-corrected chi connectivity index (χ1v) is 8.70. The predicted molar refractivity (Wildman–Crippen MR) is 103 cm³/mol. The molecule has 0 aliphatic heterocycles. The van der Waals surface area contributed by atoms with Gasteiger partial charge in [0.2, 0.25) is 0 Å². The average Bonchev–Trinajstić information content (AvgIpc) is 2.91. The quantitative estimate of drug-likeness (QED) is 0.726. The molecular formula is C21H23N3O2. The van der Waals surface area contributed by atoms with Gasteiger partial charge in [-0.15, -0.1) is 0 Å². The van der Waals surface area contributed by atoms with Gasteiger partial charge in [0.1, 0.15) is 5.75 Å². The number of aryl methyl sites for hydroxylation is 1. The number of anilines is 1. The molecule has 0 bridgehead atoms. The zero-order chi connectivity index (χ0) is 18.5. The van der Waals surface area contributed by atoms with Gasteiger partial charge in [-0.1, -0.05) is 30.3 Å². The maximum absolute atomic E-state index is 12.6. The number of aromatic nitrogens is 2. The molecule has 2 aromatic carbocycles. The van der Waals surface area contributed by atoms with E-state index in [1.807, 2.05) is 43.7 Å². The minimum absolute atomic E-state index is 0.154. The van der Waals surface area contributed by atoms with Gasteiger partial charge >= 0.3 is 0 Å². The van der Waals surface area contributed by atoms with Gasteiger partial charge in [0.15, 0.2) is 0 Å². The highest BCUT2D eigenvalue weighted by atomic mass is 16.5. The molecule has 3 rings (SSSR count). The van der Waals surface area contributed by atoms with Crippen molar-refractivity contribution in [1.82, 2.24) is 9.78 Å². The highest BCUT2D eigenvalue weighted by Crippen LogP contribution is 2.22. The van der Waals surface area contributed by atoms with Crippen molar-refractivity contribution in [1.29, 1.82) is 0 Å². The number of hydrogen-bond acceptors (Lipinski definition) is 3. The summed E-state index contributed by atoms with van der Waals surface area (Å²) in [4.78, 5) is 12.6. The van der Waals surface area contributed by atoms with E-state index >= 15 is 0 Å². The maximum atomic E-state index is 12.6. The smallest absolute Gasteiger partial charge is 0.255 e. The van der Waals surface area contributed by atoms with E-state index in [0.29, 0.717) is 18.7 Å². The Morgan fingerprint density at radius 3 is 2.42 bits per heavy atom. The highest BCUT2D eigenvalue weighted by Gasteiger charge is 2.15. The molecule has 3 aromatic rings. The maximum Gasteiger partial charge on any atom is 0.255 e. The number of carbonyl (C=O) groups is 1. The van der Waals surface area contributed by atoms with E-state index in [-0.39, 0.29) is 5.91 Å². The molecule has 1 N–H and O–H groups in total. The second-order valence-electron chi connectivity index (χ2n) is 6.10. The largest absolute Gasteiger partial charge is 0.494 e. The number of rotatable bonds is 6. The molecule has 0 spiro atoms. The number of hydrogen-bond donors (Lipinski definition) is 1. The van der Waals surface area contributed by atoms with Gasteiger partial charge in [-0.05, 0) is 50.6 Å². The van der Waals surface area contributed by atoms with Crippen molar-refractivity contribution < 1.29 is 9.53 Å². The Bertz CT molecular complexity index is 884. The van der Waals surface area contributed by atoms with E-state index < -0.39 is 0 Å². The molecule has 0 fully saturated rings. The number of ether oxygens (including phenoxy) is 1. The summed E-state index contributed by atoms with van der Waals surface area (Å²) in [5.41, 5.74) is 4.26. The second-order valence-corrected chi connectivity index (χ2v) is 6.10. The lowest BCUT2D eigenvalue weighted by atomic mass is 10.2. The van der Waals surface area contributed by atoms with Crippen molar-refractivity contribution in [2.75, 3.05) is 11.9 Å². The Kier molecular flexibility index (Phi) is 5.37. The van der Waals surface area contributed by atoms with E-state index in [1.165, 1.54) is 5.56 Å². The Labute approximate surface area is 153 Å². The number of nitrogens with one attached hydrogen (secondary N) is 1. The normalized spacial score (nSPS) is 10.6.